The summed E-state index contributed by atoms with van der Waals surface area (Å²) in [5.41, 5.74) is 9.90. The lowest BCUT2D eigenvalue weighted by Crippen LogP contribution is -1.84. The maximum absolute atomic E-state index is 2.31. The van der Waals surface area contributed by atoms with E-state index in [2.05, 4.69) is 170 Å². The van der Waals surface area contributed by atoms with Gasteiger partial charge in [0, 0.05) is 0 Å². The minimum absolute atomic E-state index is 1.22. The fraction of sp³-hybridized carbons (Fsp3) is 0. The third-order valence-electron chi connectivity index (χ3n) is 8.44. The third kappa shape index (κ3) is 4.44. The Labute approximate surface area is 246 Å². The summed E-state index contributed by atoms with van der Waals surface area (Å²) in [5, 5.41) is 7.65. The van der Waals surface area contributed by atoms with Crippen molar-refractivity contribution in [3.05, 3.63) is 170 Å². The van der Waals surface area contributed by atoms with E-state index in [0.717, 1.165) is 0 Å². The van der Waals surface area contributed by atoms with E-state index in [1.165, 1.54) is 76.8 Å². The Bertz CT molecular complexity index is 2220. The Hall–Kier alpha value is -5.46. The quantitative estimate of drug-likeness (QED) is 0.198. The van der Waals surface area contributed by atoms with Crippen LogP contribution in [-0.4, -0.2) is 0 Å². The fourth-order valence-electron chi connectivity index (χ4n) is 6.16. The van der Waals surface area contributed by atoms with E-state index in [-0.39, 0.29) is 0 Å². The van der Waals surface area contributed by atoms with Crippen molar-refractivity contribution in [1.29, 1.82) is 0 Å². The van der Waals surface area contributed by atoms with Gasteiger partial charge in [0.15, 0.2) is 0 Å². The van der Waals surface area contributed by atoms with Gasteiger partial charge in [-0.25, -0.2) is 0 Å². The normalized spacial score (nSPS) is 11.3. The monoisotopic (exact) mass is 532 g/mol. The van der Waals surface area contributed by atoms with E-state index in [1.807, 2.05) is 0 Å². The van der Waals surface area contributed by atoms with Crippen LogP contribution in [0.5, 0.6) is 0 Å². The molecule has 0 nitrogen and oxygen atoms in total. The standard InChI is InChI=1S/C42H28/c1-2-7-29(8-3-1)36-21-23-41-39(27-36)19-20-40-28-37(22-24-42(40)41)32-15-13-31(14-16-32)34-11-6-12-35(25-34)38-18-17-30-9-4-5-10-33(30)26-38/h1-28H. The largest absolute Gasteiger partial charge is 0.0622 e. The third-order valence-corrected chi connectivity index (χ3v) is 8.44. The number of hydrogen-bond donors (Lipinski definition) is 0. The maximum atomic E-state index is 2.31. The Kier molecular flexibility index (Phi) is 5.90. The van der Waals surface area contributed by atoms with Crippen LogP contribution in [0.25, 0.3) is 76.8 Å². The zero-order valence-electron chi connectivity index (χ0n) is 23.2. The first-order valence-corrected chi connectivity index (χ1v) is 14.5. The summed E-state index contributed by atoms with van der Waals surface area (Å²) >= 11 is 0. The molecule has 8 aromatic rings. The molecular weight excluding hydrogens is 504 g/mol. The summed E-state index contributed by atoms with van der Waals surface area (Å²) in [4.78, 5) is 0. The lowest BCUT2D eigenvalue weighted by Gasteiger charge is -2.10. The first kappa shape index (κ1) is 24.3. The van der Waals surface area contributed by atoms with Crippen LogP contribution in [0.2, 0.25) is 0 Å². The van der Waals surface area contributed by atoms with Gasteiger partial charge in [-0.1, -0.05) is 146 Å². The van der Waals surface area contributed by atoms with Gasteiger partial charge >= 0.3 is 0 Å². The van der Waals surface area contributed by atoms with Crippen molar-refractivity contribution in [2.24, 2.45) is 0 Å². The molecular formula is C42H28. The molecule has 0 unspecified atom stereocenters. The summed E-state index contributed by atoms with van der Waals surface area (Å²) in [7, 11) is 0. The van der Waals surface area contributed by atoms with E-state index in [1.54, 1.807) is 0 Å². The number of rotatable bonds is 4. The van der Waals surface area contributed by atoms with Gasteiger partial charge in [0.2, 0.25) is 0 Å². The van der Waals surface area contributed by atoms with Crippen LogP contribution in [-0.2, 0) is 0 Å². The minimum Gasteiger partial charge on any atom is -0.0622 e. The smallest absolute Gasteiger partial charge is 0.0105 e. The second kappa shape index (κ2) is 10.2. The Balaban J connectivity index is 1.09. The van der Waals surface area contributed by atoms with Crippen LogP contribution >= 0.6 is 0 Å². The van der Waals surface area contributed by atoms with Gasteiger partial charge in [0.1, 0.15) is 0 Å². The second-order valence-electron chi connectivity index (χ2n) is 11.0. The van der Waals surface area contributed by atoms with Crippen molar-refractivity contribution in [3.63, 3.8) is 0 Å². The molecule has 0 heterocycles. The van der Waals surface area contributed by atoms with Gasteiger partial charge < -0.3 is 0 Å². The molecule has 8 aromatic carbocycles. The molecule has 0 bridgehead atoms. The molecule has 0 atom stereocenters. The first-order valence-electron chi connectivity index (χ1n) is 14.5. The van der Waals surface area contributed by atoms with Gasteiger partial charge in [-0.3, -0.25) is 0 Å². The zero-order chi connectivity index (χ0) is 27.9. The van der Waals surface area contributed by atoms with Crippen LogP contribution in [0.1, 0.15) is 0 Å². The Morgan fingerprint density at radius 1 is 0.190 bits per heavy atom. The molecule has 0 saturated carbocycles. The van der Waals surface area contributed by atoms with Crippen molar-refractivity contribution in [3.8, 4) is 44.5 Å². The Morgan fingerprint density at radius 3 is 1.21 bits per heavy atom. The van der Waals surface area contributed by atoms with Crippen molar-refractivity contribution in [2.75, 3.05) is 0 Å². The summed E-state index contributed by atoms with van der Waals surface area (Å²) in [6.07, 6.45) is 0. The molecule has 0 aromatic heterocycles. The highest BCUT2D eigenvalue weighted by molar-refractivity contribution is 6.09. The topological polar surface area (TPSA) is 0 Å². The van der Waals surface area contributed by atoms with Crippen LogP contribution in [0.15, 0.2) is 170 Å². The van der Waals surface area contributed by atoms with Crippen molar-refractivity contribution < 1.29 is 0 Å². The minimum atomic E-state index is 1.22. The Morgan fingerprint density at radius 2 is 0.571 bits per heavy atom. The molecule has 196 valence electrons. The average molecular weight is 533 g/mol. The first-order chi connectivity index (χ1) is 20.8. The van der Waals surface area contributed by atoms with Crippen LogP contribution in [0, 0.1) is 0 Å². The van der Waals surface area contributed by atoms with Gasteiger partial charge in [-0.15, -0.1) is 0 Å². The predicted molar refractivity (Wildman–Crippen MR) is 181 cm³/mol. The molecule has 0 amide bonds. The van der Waals surface area contributed by atoms with E-state index >= 15 is 0 Å². The highest BCUT2D eigenvalue weighted by Gasteiger charge is 2.07. The molecule has 0 spiro atoms. The maximum Gasteiger partial charge on any atom is -0.0105 e. The highest BCUT2D eigenvalue weighted by atomic mass is 14.1. The fourth-order valence-corrected chi connectivity index (χ4v) is 6.16. The lowest BCUT2D eigenvalue weighted by molar-refractivity contribution is 1.59. The lowest BCUT2D eigenvalue weighted by atomic mass is 9.94. The number of benzene rings is 8. The van der Waals surface area contributed by atoms with Crippen LogP contribution < -0.4 is 0 Å². The van der Waals surface area contributed by atoms with E-state index in [0.29, 0.717) is 0 Å². The highest BCUT2D eigenvalue weighted by Crippen LogP contribution is 2.34. The number of hydrogen-bond acceptors (Lipinski definition) is 0. The molecule has 0 N–H and O–H groups in total. The SMILES string of the molecule is c1ccc(-c2ccc3c(ccc4cc(-c5ccc(-c6cccc(-c7ccc8ccccc8c7)c6)cc5)ccc43)c2)cc1. The molecule has 0 aliphatic heterocycles. The molecule has 8 rings (SSSR count). The predicted octanol–water partition coefficient (Wildman–Crippen LogP) is 11.8. The van der Waals surface area contributed by atoms with Crippen molar-refractivity contribution in [1.82, 2.24) is 0 Å². The number of fused-ring (bicyclic) bond motifs is 4. The van der Waals surface area contributed by atoms with Gasteiger partial charge in [-0.2, -0.15) is 0 Å². The van der Waals surface area contributed by atoms with Crippen molar-refractivity contribution >= 4 is 32.3 Å². The summed E-state index contributed by atoms with van der Waals surface area (Å²) in [6, 6.07) is 61.8. The molecule has 42 heavy (non-hydrogen) atoms. The zero-order valence-corrected chi connectivity index (χ0v) is 23.2. The molecule has 0 aliphatic carbocycles. The molecule has 0 heteroatoms. The van der Waals surface area contributed by atoms with E-state index in [9.17, 15) is 0 Å². The van der Waals surface area contributed by atoms with Gasteiger partial charge in [-0.05, 0) is 101 Å². The van der Waals surface area contributed by atoms with E-state index < -0.39 is 0 Å². The molecule has 0 fully saturated rings. The molecule has 0 radical (unpaired) electrons. The average Bonchev–Trinajstić information content (AvgIpc) is 3.08. The van der Waals surface area contributed by atoms with E-state index in [4.69, 9.17) is 0 Å². The van der Waals surface area contributed by atoms with Crippen LogP contribution in [0.4, 0.5) is 0 Å². The summed E-state index contributed by atoms with van der Waals surface area (Å²) < 4.78 is 0. The molecule has 0 saturated heterocycles. The van der Waals surface area contributed by atoms with Crippen molar-refractivity contribution in [2.45, 2.75) is 0 Å². The molecule has 0 aliphatic rings. The summed E-state index contributed by atoms with van der Waals surface area (Å²) in [5.74, 6) is 0. The van der Waals surface area contributed by atoms with Crippen LogP contribution in [0.3, 0.4) is 0 Å². The van der Waals surface area contributed by atoms with Gasteiger partial charge in [0.05, 0.1) is 0 Å². The van der Waals surface area contributed by atoms with Gasteiger partial charge in [0.25, 0.3) is 0 Å². The second-order valence-corrected chi connectivity index (χ2v) is 11.0. The summed E-state index contributed by atoms with van der Waals surface area (Å²) in [6.45, 7) is 0.